The van der Waals surface area contributed by atoms with Crippen LogP contribution in [0.5, 0.6) is 5.75 Å². The van der Waals surface area contributed by atoms with Crippen molar-refractivity contribution in [1.29, 1.82) is 0 Å². The lowest BCUT2D eigenvalue weighted by Gasteiger charge is -2.13. The van der Waals surface area contributed by atoms with Gasteiger partial charge in [0.15, 0.2) is 5.65 Å². The lowest BCUT2D eigenvalue weighted by atomic mass is 10.1. The number of benzene rings is 1. The molecule has 0 atom stereocenters. The van der Waals surface area contributed by atoms with E-state index in [0.717, 1.165) is 0 Å². The summed E-state index contributed by atoms with van der Waals surface area (Å²) in [5.41, 5.74) is 0.160. The summed E-state index contributed by atoms with van der Waals surface area (Å²) in [5, 5.41) is 10.7. The third-order valence-corrected chi connectivity index (χ3v) is 3.45. The van der Waals surface area contributed by atoms with Crippen LogP contribution in [0.4, 0.5) is 4.39 Å². The second-order valence-electron chi connectivity index (χ2n) is 4.65. The van der Waals surface area contributed by atoms with Crippen molar-refractivity contribution in [3.05, 3.63) is 64.3 Å². The zero-order chi connectivity index (χ0) is 15.0. The molecule has 1 aromatic carbocycles. The standard InChI is InChI=1S/C16H13FN2O2/c1-2-10-14(20)11-6-5-9-18-15(11)19(16(10)21)13-8-4-3-7-12(13)17/h3-9,20H,2H2,1H3. The molecule has 106 valence electrons. The topological polar surface area (TPSA) is 55.1 Å². The molecule has 21 heavy (non-hydrogen) atoms. The highest BCUT2D eigenvalue weighted by atomic mass is 19.1. The van der Waals surface area contributed by atoms with E-state index < -0.39 is 11.4 Å². The number of hydrogen-bond donors (Lipinski definition) is 1. The summed E-state index contributed by atoms with van der Waals surface area (Å²) in [5.74, 6) is -0.600. The van der Waals surface area contributed by atoms with E-state index in [1.165, 1.54) is 22.9 Å². The fraction of sp³-hybridized carbons (Fsp3) is 0.125. The predicted molar refractivity (Wildman–Crippen MR) is 78.3 cm³/mol. The number of pyridine rings is 2. The Balaban J connectivity index is 2.53. The van der Waals surface area contributed by atoms with Crippen LogP contribution in [-0.2, 0) is 6.42 Å². The summed E-state index contributed by atoms with van der Waals surface area (Å²) >= 11 is 0. The summed E-state index contributed by atoms with van der Waals surface area (Å²) in [6, 6.07) is 9.33. The van der Waals surface area contributed by atoms with Crippen LogP contribution in [0.25, 0.3) is 16.7 Å². The average molecular weight is 284 g/mol. The number of rotatable bonds is 2. The average Bonchev–Trinajstić information content (AvgIpc) is 2.50. The Morgan fingerprint density at radius 3 is 2.71 bits per heavy atom. The van der Waals surface area contributed by atoms with Gasteiger partial charge in [0.2, 0.25) is 0 Å². The van der Waals surface area contributed by atoms with Gasteiger partial charge in [0, 0.05) is 6.20 Å². The molecule has 3 rings (SSSR count). The lowest BCUT2D eigenvalue weighted by molar-refractivity contribution is 0.472. The van der Waals surface area contributed by atoms with Crippen LogP contribution < -0.4 is 5.56 Å². The number of hydrogen-bond acceptors (Lipinski definition) is 3. The van der Waals surface area contributed by atoms with Gasteiger partial charge >= 0.3 is 0 Å². The molecule has 4 nitrogen and oxygen atoms in total. The second kappa shape index (κ2) is 5.01. The highest BCUT2D eigenvalue weighted by molar-refractivity contribution is 5.84. The first-order valence-electron chi connectivity index (χ1n) is 6.61. The zero-order valence-corrected chi connectivity index (χ0v) is 11.4. The molecule has 0 radical (unpaired) electrons. The molecular weight excluding hydrogens is 271 g/mol. The van der Waals surface area contributed by atoms with Gasteiger partial charge in [-0.15, -0.1) is 0 Å². The number of aromatic hydroxyl groups is 1. The van der Waals surface area contributed by atoms with E-state index in [9.17, 15) is 14.3 Å². The van der Waals surface area contributed by atoms with Gasteiger partial charge in [-0.2, -0.15) is 0 Å². The summed E-state index contributed by atoms with van der Waals surface area (Å²) in [6.07, 6.45) is 1.86. The molecule has 0 aliphatic carbocycles. The van der Waals surface area contributed by atoms with Crippen molar-refractivity contribution < 1.29 is 9.50 Å². The smallest absolute Gasteiger partial charge is 0.263 e. The highest BCUT2D eigenvalue weighted by Crippen LogP contribution is 2.27. The first-order chi connectivity index (χ1) is 10.1. The molecule has 0 aliphatic heterocycles. The fourth-order valence-electron chi connectivity index (χ4n) is 2.43. The number of aromatic nitrogens is 2. The van der Waals surface area contributed by atoms with E-state index in [-0.39, 0.29) is 22.6 Å². The van der Waals surface area contributed by atoms with Crippen LogP contribution in [0.3, 0.4) is 0 Å². The van der Waals surface area contributed by atoms with Crippen LogP contribution in [-0.4, -0.2) is 14.7 Å². The van der Waals surface area contributed by atoms with Gasteiger partial charge < -0.3 is 5.11 Å². The molecule has 3 aromatic rings. The van der Waals surface area contributed by atoms with Gasteiger partial charge in [-0.1, -0.05) is 19.1 Å². The van der Waals surface area contributed by atoms with E-state index in [2.05, 4.69) is 4.98 Å². The predicted octanol–water partition coefficient (Wildman–Crippen LogP) is 2.79. The Morgan fingerprint density at radius 2 is 2.00 bits per heavy atom. The number of para-hydroxylation sites is 1. The van der Waals surface area contributed by atoms with E-state index in [1.54, 1.807) is 31.2 Å². The Hall–Kier alpha value is -2.69. The molecule has 0 unspecified atom stereocenters. The first-order valence-corrected chi connectivity index (χ1v) is 6.61. The Morgan fingerprint density at radius 1 is 1.24 bits per heavy atom. The molecule has 5 heteroatoms. The zero-order valence-electron chi connectivity index (χ0n) is 11.4. The molecule has 2 aromatic heterocycles. The number of halogens is 1. The maximum Gasteiger partial charge on any atom is 0.263 e. The normalized spacial score (nSPS) is 11.0. The molecule has 0 fully saturated rings. The summed E-state index contributed by atoms with van der Waals surface area (Å²) < 4.78 is 15.3. The summed E-state index contributed by atoms with van der Waals surface area (Å²) in [7, 11) is 0. The molecule has 0 saturated heterocycles. The van der Waals surface area contributed by atoms with Crippen molar-refractivity contribution >= 4 is 11.0 Å². The number of nitrogens with zero attached hydrogens (tertiary/aromatic N) is 2. The monoisotopic (exact) mass is 284 g/mol. The van der Waals surface area contributed by atoms with Crippen molar-refractivity contribution in [2.45, 2.75) is 13.3 Å². The molecular formula is C16H13FN2O2. The molecule has 1 N–H and O–H groups in total. The minimum Gasteiger partial charge on any atom is -0.507 e. The molecule has 0 bridgehead atoms. The molecule has 0 spiro atoms. The molecule has 0 amide bonds. The second-order valence-corrected chi connectivity index (χ2v) is 4.65. The van der Waals surface area contributed by atoms with Gasteiger partial charge in [0.1, 0.15) is 11.6 Å². The van der Waals surface area contributed by atoms with E-state index >= 15 is 0 Å². The van der Waals surface area contributed by atoms with E-state index in [4.69, 9.17) is 0 Å². The van der Waals surface area contributed by atoms with Crippen molar-refractivity contribution in [3.63, 3.8) is 0 Å². The summed E-state index contributed by atoms with van der Waals surface area (Å²) in [6.45, 7) is 1.77. The van der Waals surface area contributed by atoms with Crippen molar-refractivity contribution in [3.8, 4) is 11.4 Å². The van der Waals surface area contributed by atoms with Crippen molar-refractivity contribution in [2.75, 3.05) is 0 Å². The lowest BCUT2D eigenvalue weighted by Crippen LogP contribution is -2.24. The van der Waals surface area contributed by atoms with E-state index in [1.807, 2.05) is 0 Å². The van der Waals surface area contributed by atoms with Crippen molar-refractivity contribution in [2.24, 2.45) is 0 Å². The fourth-order valence-corrected chi connectivity index (χ4v) is 2.43. The van der Waals surface area contributed by atoms with Crippen molar-refractivity contribution in [1.82, 2.24) is 9.55 Å². The number of fused-ring (bicyclic) bond motifs is 1. The van der Waals surface area contributed by atoms with Gasteiger partial charge in [0.05, 0.1) is 16.6 Å². The van der Waals surface area contributed by atoms with Gasteiger partial charge in [0.25, 0.3) is 5.56 Å². The van der Waals surface area contributed by atoms with Gasteiger partial charge in [-0.05, 0) is 30.7 Å². The first kappa shape index (κ1) is 13.3. The third-order valence-electron chi connectivity index (χ3n) is 3.45. The third kappa shape index (κ3) is 1.98. The molecule has 0 aliphatic rings. The van der Waals surface area contributed by atoms with Crippen LogP contribution >= 0.6 is 0 Å². The minimum absolute atomic E-state index is 0.0850. The van der Waals surface area contributed by atoms with Crippen LogP contribution in [0.2, 0.25) is 0 Å². The van der Waals surface area contributed by atoms with E-state index in [0.29, 0.717) is 11.8 Å². The quantitative estimate of drug-likeness (QED) is 0.787. The van der Waals surface area contributed by atoms with Gasteiger partial charge in [-0.25, -0.2) is 9.37 Å². The Labute approximate surface area is 120 Å². The van der Waals surface area contributed by atoms with Crippen LogP contribution in [0.15, 0.2) is 47.4 Å². The SMILES string of the molecule is CCc1c(O)c2cccnc2n(-c2ccccc2F)c1=O. The van der Waals surface area contributed by atoms with Crippen LogP contribution in [0.1, 0.15) is 12.5 Å². The maximum atomic E-state index is 14.1. The molecule has 0 saturated carbocycles. The minimum atomic E-state index is -0.515. The highest BCUT2D eigenvalue weighted by Gasteiger charge is 2.18. The summed E-state index contributed by atoms with van der Waals surface area (Å²) in [4.78, 5) is 16.7. The maximum absolute atomic E-state index is 14.1. The largest absolute Gasteiger partial charge is 0.507 e. The van der Waals surface area contributed by atoms with Gasteiger partial charge in [-0.3, -0.25) is 9.36 Å². The van der Waals surface area contributed by atoms with Crippen LogP contribution in [0, 0.1) is 5.82 Å². The Kier molecular flexibility index (Phi) is 3.17. The Bertz CT molecular complexity index is 887. The molecule has 2 heterocycles.